The number of carbonyl (C=O) groups is 1. The molecule has 2 aromatic heterocycles. The van der Waals surface area contributed by atoms with Crippen molar-refractivity contribution in [2.24, 2.45) is 17.8 Å². The molecule has 0 radical (unpaired) electrons. The number of ether oxygens (including phenoxy) is 1. The number of carbonyl (C=O) groups excluding carboxylic acids is 1. The van der Waals surface area contributed by atoms with Gasteiger partial charge in [-0.25, -0.2) is 4.98 Å². The summed E-state index contributed by atoms with van der Waals surface area (Å²) >= 11 is 0. The van der Waals surface area contributed by atoms with Gasteiger partial charge in [0.1, 0.15) is 11.3 Å². The second-order valence-electron chi connectivity index (χ2n) is 9.76. The lowest BCUT2D eigenvalue weighted by molar-refractivity contribution is 0.0337. The number of aromatic nitrogens is 2. The van der Waals surface area contributed by atoms with Crippen molar-refractivity contribution in [3.05, 3.63) is 35.8 Å². The van der Waals surface area contributed by atoms with Crippen molar-refractivity contribution in [1.82, 2.24) is 19.6 Å². The summed E-state index contributed by atoms with van der Waals surface area (Å²) < 4.78 is 7.39. The molecule has 170 valence electrons. The van der Waals surface area contributed by atoms with Crippen LogP contribution in [0, 0.1) is 17.8 Å². The molecule has 31 heavy (non-hydrogen) atoms. The highest BCUT2D eigenvalue weighted by molar-refractivity contribution is 5.93. The fourth-order valence-electron chi connectivity index (χ4n) is 5.28. The Kier molecular flexibility index (Phi) is 7.62. The van der Waals surface area contributed by atoms with Gasteiger partial charge in [0, 0.05) is 32.4 Å². The van der Waals surface area contributed by atoms with Gasteiger partial charge in [0.2, 0.25) is 0 Å². The first-order chi connectivity index (χ1) is 15.1. The lowest BCUT2D eigenvalue weighted by Crippen LogP contribution is -2.35. The lowest BCUT2D eigenvalue weighted by atomic mass is 9.76. The minimum absolute atomic E-state index is 0.00508. The van der Waals surface area contributed by atoms with E-state index in [1.165, 1.54) is 38.5 Å². The topological polar surface area (TPSA) is 58.9 Å². The number of fused-ring (bicyclic) bond motifs is 1. The second kappa shape index (κ2) is 10.6. The molecule has 0 aromatic carbocycles. The van der Waals surface area contributed by atoms with Gasteiger partial charge in [0.15, 0.2) is 0 Å². The van der Waals surface area contributed by atoms with Crippen molar-refractivity contribution < 1.29 is 9.53 Å². The van der Waals surface area contributed by atoms with Gasteiger partial charge in [-0.3, -0.25) is 14.1 Å². The van der Waals surface area contributed by atoms with Crippen molar-refractivity contribution in [1.29, 1.82) is 0 Å². The molecule has 0 spiro atoms. The van der Waals surface area contributed by atoms with Crippen LogP contribution in [0.3, 0.4) is 0 Å². The summed E-state index contributed by atoms with van der Waals surface area (Å²) in [6, 6.07) is 5.81. The van der Waals surface area contributed by atoms with Gasteiger partial charge in [-0.05, 0) is 36.3 Å². The molecule has 6 nitrogen and oxygen atoms in total. The standard InChI is InChI=1S/C25H38N4O2/c1-19(2)15-21(20-7-4-3-5-8-20)16-26-25(30)23-9-6-10-24-27-22(18-29(23)24)17-28-11-13-31-14-12-28/h6,9-10,18-21H,3-5,7-8,11-17H2,1-2H3,(H,26,30). The van der Waals surface area contributed by atoms with E-state index in [0.717, 1.165) is 56.7 Å². The van der Waals surface area contributed by atoms with Crippen LogP contribution >= 0.6 is 0 Å². The normalized spacial score (nSPS) is 19.7. The van der Waals surface area contributed by atoms with Crippen LogP contribution in [0.2, 0.25) is 0 Å². The van der Waals surface area contributed by atoms with Gasteiger partial charge in [0.25, 0.3) is 5.91 Å². The lowest BCUT2D eigenvalue weighted by Gasteiger charge is -2.31. The SMILES string of the molecule is CC(C)CC(CNC(=O)c1cccc2nc(CN3CCOCC3)cn12)C1CCCCC1. The molecule has 1 unspecified atom stereocenters. The van der Waals surface area contributed by atoms with E-state index in [9.17, 15) is 4.79 Å². The molecular weight excluding hydrogens is 388 g/mol. The molecule has 1 atom stereocenters. The predicted molar refractivity (Wildman–Crippen MR) is 123 cm³/mol. The average molecular weight is 427 g/mol. The molecule has 2 fully saturated rings. The maximum Gasteiger partial charge on any atom is 0.268 e. The van der Waals surface area contributed by atoms with Crippen molar-refractivity contribution in [2.75, 3.05) is 32.8 Å². The van der Waals surface area contributed by atoms with Crippen molar-refractivity contribution in [2.45, 2.75) is 58.9 Å². The summed E-state index contributed by atoms with van der Waals surface area (Å²) in [6.45, 7) is 9.57. The number of rotatable bonds is 8. The van der Waals surface area contributed by atoms with Crippen LogP contribution in [0.15, 0.2) is 24.4 Å². The Balaban J connectivity index is 1.43. The van der Waals surface area contributed by atoms with Crippen LogP contribution in [0.5, 0.6) is 0 Å². The molecule has 6 heteroatoms. The zero-order valence-corrected chi connectivity index (χ0v) is 19.2. The number of morpholine rings is 1. The fourth-order valence-corrected chi connectivity index (χ4v) is 5.28. The van der Waals surface area contributed by atoms with E-state index >= 15 is 0 Å². The quantitative estimate of drug-likeness (QED) is 0.689. The highest BCUT2D eigenvalue weighted by Crippen LogP contribution is 2.33. The first kappa shape index (κ1) is 22.3. The van der Waals surface area contributed by atoms with Gasteiger partial charge in [-0.1, -0.05) is 52.0 Å². The number of imidazole rings is 1. The summed E-state index contributed by atoms with van der Waals surface area (Å²) in [7, 11) is 0. The number of nitrogens with zero attached hydrogens (tertiary/aromatic N) is 3. The highest BCUT2D eigenvalue weighted by atomic mass is 16.5. The summed E-state index contributed by atoms with van der Waals surface area (Å²) in [5.74, 6) is 1.98. The molecular formula is C25H38N4O2. The van der Waals surface area contributed by atoms with Crippen LogP contribution in [0.4, 0.5) is 0 Å². The molecule has 1 aliphatic heterocycles. The minimum atomic E-state index is 0.00508. The first-order valence-electron chi connectivity index (χ1n) is 12.2. The summed E-state index contributed by atoms with van der Waals surface area (Å²) in [6.07, 6.45) is 9.88. The molecule has 1 saturated heterocycles. The molecule has 3 heterocycles. The van der Waals surface area contributed by atoms with Crippen molar-refractivity contribution in [3.63, 3.8) is 0 Å². The van der Waals surface area contributed by atoms with Gasteiger partial charge in [-0.2, -0.15) is 0 Å². The van der Waals surface area contributed by atoms with Crippen LogP contribution in [0.1, 0.15) is 68.6 Å². The van der Waals surface area contributed by atoms with Gasteiger partial charge >= 0.3 is 0 Å². The monoisotopic (exact) mass is 426 g/mol. The molecule has 0 bridgehead atoms. The molecule has 2 aromatic rings. The largest absolute Gasteiger partial charge is 0.379 e. The van der Waals surface area contributed by atoms with E-state index in [0.29, 0.717) is 17.5 Å². The van der Waals surface area contributed by atoms with Gasteiger partial charge in [-0.15, -0.1) is 0 Å². The van der Waals surface area contributed by atoms with Gasteiger partial charge in [0.05, 0.1) is 18.9 Å². The van der Waals surface area contributed by atoms with E-state index in [-0.39, 0.29) is 5.91 Å². The van der Waals surface area contributed by atoms with E-state index < -0.39 is 0 Å². The van der Waals surface area contributed by atoms with Crippen molar-refractivity contribution >= 4 is 11.6 Å². The number of hydrogen-bond acceptors (Lipinski definition) is 4. The van der Waals surface area contributed by atoms with E-state index in [1.807, 2.05) is 28.8 Å². The van der Waals surface area contributed by atoms with Gasteiger partial charge < -0.3 is 10.1 Å². The van der Waals surface area contributed by atoms with Crippen LogP contribution in [-0.2, 0) is 11.3 Å². The second-order valence-corrected chi connectivity index (χ2v) is 9.76. The Labute approximate surface area is 186 Å². The summed E-state index contributed by atoms with van der Waals surface area (Å²) in [4.78, 5) is 20.3. The third-order valence-corrected chi connectivity index (χ3v) is 6.88. The molecule has 1 N–H and O–H groups in total. The zero-order chi connectivity index (χ0) is 21.6. The number of hydrogen-bond donors (Lipinski definition) is 1. The van der Waals surface area contributed by atoms with Crippen LogP contribution in [0.25, 0.3) is 5.65 Å². The fraction of sp³-hybridized carbons (Fsp3) is 0.680. The third-order valence-electron chi connectivity index (χ3n) is 6.88. The maximum absolute atomic E-state index is 13.1. The summed E-state index contributed by atoms with van der Waals surface area (Å²) in [5, 5.41) is 3.27. The Morgan fingerprint density at radius 2 is 1.97 bits per heavy atom. The molecule has 4 rings (SSSR count). The number of nitrogens with one attached hydrogen (secondary N) is 1. The van der Waals surface area contributed by atoms with Crippen molar-refractivity contribution in [3.8, 4) is 0 Å². The highest BCUT2D eigenvalue weighted by Gasteiger charge is 2.25. The third kappa shape index (κ3) is 5.86. The first-order valence-corrected chi connectivity index (χ1v) is 12.2. The van der Waals surface area contributed by atoms with Crippen LogP contribution < -0.4 is 5.32 Å². The van der Waals surface area contributed by atoms with E-state index in [4.69, 9.17) is 9.72 Å². The maximum atomic E-state index is 13.1. The number of pyridine rings is 1. The van der Waals surface area contributed by atoms with E-state index in [2.05, 4.69) is 24.1 Å². The Hall–Kier alpha value is -1.92. The molecule has 1 amide bonds. The van der Waals surface area contributed by atoms with Crippen LogP contribution in [-0.4, -0.2) is 53.0 Å². The molecule has 1 saturated carbocycles. The Morgan fingerprint density at radius 1 is 1.19 bits per heavy atom. The zero-order valence-electron chi connectivity index (χ0n) is 19.2. The minimum Gasteiger partial charge on any atom is -0.379 e. The molecule has 1 aliphatic carbocycles. The molecule has 2 aliphatic rings. The smallest absolute Gasteiger partial charge is 0.268 e. The van der Waals surface area contributed by atoms with E-state index in [1.54, 1.807) is 0 Å². The Morgan fingerprint density at radius 3 is 2.71 bits per heavy atom. The average Bonchev–Trinajstić information content (AvgIpc) is 3.20. The number of amides is 1. The summed E-state index contributed by atoms with van der Waals surface area (Å²) in [5.41, 5.74) is 2.51. The predicted octanol–water partition coefficient (Wildman–Crippen LogP) is 4.14. The Bertz CT molecular complexity index is 850.